The van der Waals surface area contributed by atoms with Gasteiger partial charge in [-0.3, -0.25) is 0 Å². The van der Waals surface area contributed by atoms with Gasteiger partial charge in [-0.05, 0) is 56.6 Å². The maximum Gasteiger partial charge on any atom is 2.00 e. The van der Waals surface area contributed by atoms with Crippen molar-refractivity contribution in [3.63, 3.8) is 0 Å². The van der Waals surface area contributed by atoms with E-state index in [4.69, 9.17) is 0 Å². The number of hydrogen-bond acceptors (Lipinski definition) is 4. The summed E-state index contributed by atoms with van der Waals surface area (Å²) in [6.45, 7) is 0. The molecule has 0 bridgehead atoms. The van der Waals surface area contributed by atoms with Crippen LogP contribution in [0.25, 0.3) is 43.1 Å². The van der Waals surface area contributed by atoms with Gasteiger partial charge in [0.2, 0.25) is 0 Å². The molecule has 0 spiro atoms. The van der Waals surface area contributed by atoms with Crippen molar-refractivity contribution in [3.8, 4) is 0 Å². The number of rotatable bonds is 4. The number of carboxylic acid groups (broad SMARTS) is 4. The van der Waals surface area contributed by atoms with Crippen molar-refractivity contribution in [1.82, 2.24) is 0 Å². The van der Waals surface area contributed by atoms with E-state index in [1.807, 2.05) is 0 Å². The van der Waals surface area contributed by atoms with E-state index < -0.39 is 23.9 Å². The van der Waals surface area contributed by atoms with Crippen LogP contribution in [-0.2, 0) is 0 Å². The zero-order valence-electron chi connectivity index (χ0n) is 18.7. The molecule has 0 aliphatic carbocycles. The molecule has 4 N–H and O–H groups in total. The van der Waals surface area contributed by atoms with Gasteiger partial charge < -0.3 is 23.3 Å². The smallest absolute Gasteiger partial charge is 1.00 e. The van der Waals surface area contributed by atoms with Crippen molar-refractivity contribution in [2.45, 2.75) is 0 Å². The minimum atomic E-state index is -1.28. The number of hydrogen-bond donors (Lipinski definition) is 4. The molecule has 0 aromatic heterocycles. The molecule has 0 fully saturated rings. The molecule has 5 aromatic carbocycles. The second kappa shape index (κ2) is 7.84. The summed E-state index contributed by atoms with van der Waals surface area (Å²) in [5, 5.41) is 41.7. The monoisotopic (exact) mass is 470 g/mol. The van der Waals surface area contributed by atoms with E-state index >= 15 is 0 Å². The quantitative estimate of drug-likeness (QED) is 0.172. The molecule has 8 nitrogen and oxygen atoms in total. The Morgan fingerprint density at radius 3 is 0.818 bits per heavy atom. The molecule has 0 atom stereocenters. The zero-order valence-corrected chi connectivity index (χ0v) is 19.0. The largest absolute Gasteiger partial charge is 2.00 e. The Kier molecular flexibility index (Phi) is 5.40. The summed E-state index contributed by atoms with van der Waals surface area (Å²) in [7, 11) is 0. The van der Waals surface area contributed by atoms with Crippen molar-refractivity contribution >= 4 is 105 Å². The summed E-state index contributed by atoms with van der Waals surface area (Å²) in [4.78, 5) is 47.5. The maximum atomic E-state index is 11.9. The maximum absolute atomic E-state index is 11.9. The fourth-order valence-electron chi connectivity index (χ4n) is 4.60. The Labute approximate surface area is 217 Å². The van der Waals surface area contributed by atoms with Crippen LogP contribution >= 0.6 is 0 Å². The fourth-order valence-corrected chi connectivity index (χ4v) is 4.60. The van der Waals surface area contributed by atoms with Crippen LogP contribution in [0.5, 0.6) is 0 Å². The number of aromatic carboxylic acids is 4. The van der Waals surface area contributed by atoms with Crippen molar-refractivity contribution in [2.75, 3.05) is 0 Å². The molecule has 0 heterocycles. The predicted molar refractivity (Wildman–Crippen MR) is 123 cm³/mol. The number of fused-ring (bicyclic) bond motifs is 2. The molecular weight excluding hydrogens is 456 g/mol. The van der Waals surface area contributed by atoms with Gasteiger partial charge >= 0.3 is 61.6 Å². The molecule has 5 aromatic rings. The first kappa shape index (κ1) is 22.7. The molecule has 160 valence electrons. The van der Waals surface area contributed by atoms with Gasteiger partial charge in [0.05, 0.1) is 22.3 Å². The first-order valence-corrected chi connectivity index (χ1v) is 9.35. The first-order valence-electron chi connectivity index (χ1n) is 9.35. The summed E-state index contributed by atoms with van der Waals surface area (Å²) in [5.41, 5.74) is -0.696. The molecule has 0 radical (unpaired) electrons. The average Bonchev–Trinajstić information content (AvgIpc) is 2.75. The standard InChI is InChI=1S/C24H12O8.Ca.2H/c25-21(26)13-5-1-9-10-2-6-15(23(29)30)20-16(24(31)32)8-4-12(18(10)20)11-3-7-14(22(27)28)19(13)17(9)11;;;/h1-8H,(H,25,26)(H,27,28)(H,29,30)(H,31,32);;;/q;+2;2*-1. The van der Waals surface area contributed by atoms with E-state index in [0.29, 0.717) is 32.3 Å². The van der Waals surface area contributed by atoms with Crippen LogP contribution in [0.3, 0.4) is 0 Å². The minimum absolute atomic E-state index is 0. The van der Waals surface area contributed by atoms with Crippen molar-refractivity contribution < 1.29 is 42.5 Å². The number of benzene rings is 5. The van der Waals surface area contributed by atoms with Crippen molar-refractivity contribution in [3.05, 3.63) is 70.8 Å². The average molecular weight is 470 g/mol. The molecule has 0 amide bonds. The van der Waals surface area contributed by atoms with Crippen LogP contribution in [-0.4, -0.2) is 82.0 Å². The molecule has 0 aliphatic heterocycles. The fraction of sp³-hybridized carbons (Fsp3) is 0. The van der Waals surface area contributed by atoms with Crippen LogP contribution in [0, 0.1) is 0 Å². The van der Waals surface area contributed by atoms with Gasteiger partial charge in [-0.15, -0.1) is 0 Å². The summed E-state index contributed by atoms with van der Waals surface area (Å²) < 4.78 is 0. The van der Waals surface area contributed by atoms with Gasteiger partial charge in [0, 0.05) is 10.8 Å². The Morgan fingerprint density at radius 2 is 0.636 bits per heavy atom. The zero-order chi connectivity index (χ0) is 22.9. The molecule has 0 saturated carbocycles. The topological polar surface area (TPSA) is 149 Å². The summed E-state index contributed by atoms with van der Waals surface area (Å²) >= 11 is 0. The third-order valence-electron chi connectivity index (χ3n) is 5.82. The third-order valence-corrected chi connectivity index (χ3v) is 5.82. The Hall–Kier alpha value is -3.46. The van der Waals surface area contributed by atoms with E-state index in [1.165, 1.54) is 48.5 Å². The Bertz CT molecular complexity index is 1460. The summed E-state index contributed by atoms with van der Waals surface area (Å²) in [5.74, 6) is -5.13. The molecular formula is C24H14CaO8. The molecule has 5 rings (SSSR count). The van der Waals surface area contributed by atoms with E-state index in [1.54, 1.807) is 0 Å². The number of carbonyl (C=O) groups is 4. The molecule has 0 saturated heterocycles. The van der Waals surface area contributed by atoms with Crippen molar-refractivity contribution in [2.24, 2.45) is 0 Å². The van der Waals surface area contributed by atoms with Crippen LogP contribution in [0.4, 0.5) is 0 Å². The van der Waals surface area contributed by atoms with Crippen LogP contribution in [0.1, 0.15) is 44.3 Å². The van der Waals surface area contributed by atoms with Gasteiger partial charge in [0.15, 0.2) is 0 Å². The number of carboxylic acids is 4. The Balaban J connectivity index is 0.00000144. The first-order chi connectivity index (χ1) is 15.2. The second-order valence-electron chi connectivity index (χ2n) is 7.36. The normalized spacial score (nSPS) is 11.2. The van der Waals surface area contributed by atoms with E-state index in [9.17, 15) is 39.6 Å². The van der Waals surface area contributed by atoms with Crippen molar-refractivity contribution in [1.29, 1.82) is 0 Å². The van der Waals surface area contributed by atoms with Gasteiger partial charge in [-0.25, -0.2) is 19.2 Å². The van der Waals surface area contributed by atoms with Gasteiger partial charge in [-0.1, -0.05) is 24.3 Å². The third kappa shape index (κ3) is 3.10. The predicted octanol–water partition coefficient (Wildman–Crippen LogP) is 4.37. The van der Waals surface area contributed by atoms with Gasteiger partial charge in [0.1, 0.15) is 0 Å². The van der Waals surface area contributed by atoms with Gasteiger partial charge in [0.25, 0.3) is 0 Å². The van der Waals surface area contributed by atoms with Crippen LogP contribution in [0.15, 0.2) is 48.5 Å². The molecule has 9 heteroatoms. The SMILES string of the molecule is O=C(O)c1ccc2c3ccc(C(=O)O)c4c(C(=O)O)ccc(c5ccc(C(=O)O)c1c25)c43.[Ca+2].[H-].[H-]. The van der Waals surface area contributed by atoms with Crippen LogP contribution < -0.4 is 0 Å². The van der Waals surface area contributed by atoms with Gasteiger partial charge in [-0.2, -0.15) is 0 Å². The molecule has 0 unspecified atom stereocenters. The summed E-state index contributed by atoms with van der Waals surface area (Å²) in [6.07, 6.45) is 0. The second-order valence-corrected chi connectivity index (χ2v) is 7.36. The van der Waals surface area contributed by atoms with E-state index in [2.05, 4.69) is 0 Å². The summed E-state index contributed by atoms with van der Waals surface area (Å²) in [6, 6.07) is 11.4. The Morgan fingerprint density at radius 1 is 0.424 bits per heavy atom. The van der Waals surface area contributed by atoms with E-state index in [0.717, 1.165) is 0 Å². The minimum Gasteiger partial charge on any atom is -1.00 e. The van der Waals surface area contributed by atoms with Crippen LogP contribution in [0.2, 0.25) is 0 Å². The van der Waals surface area contributed by atoms with E-state index in [-0.39, 0.29) is 73.6 Å². The molecule has 0 aliphatic rings. The molecule has 33 heavy (non-hydrogen) atoms.